The van der Waals surface area contributed by atoms with E-state index >= 15 is 0 Å². The number of nitrogens with one attached hydrogen (secondary N) is 1. The van der Waals surface area contributed by atoms with Crippen molar-refractivity contribution < 1.29 is 4.79 Å². The zero-order chi connectivity index (χ0) is 17.0. The summed E-state index contributed by atoms with van der Waals surface area (Å²) in [5.74, 6) is -0.353. The van der Waals surface area contributed by atoms with Crippen LogP contribution in [0.25, 0.3) is 0 Å². The molecule has 1 amide bonds. The number of hydrogen-bond donors (Lipinski definition) is 1. The van der Waals surface area contributed by atoms with Crippen molar-refractivity contribution in [2.45, 2.75) is 47.1 Å². The number of amides is 1. The second-order valence-electron chi connectivity index (χ2n) is 5.96. The molecule has 4 nitrogen and oxygen atoms in total. The van der Waals surface area contributed by atoms with Gasteiger partial charge in [0.2, 0.25) is 0 Å². The van der Waals surface area contributed by atoms with Gasteiger partial charge >= 0.3 is 0 Å². The number of aryl methyl sites for hydroxylation is 2. The van der Waals surface area contributed by atoms with Gasteiger partial charge in [0.25, 0.3) is 11.5 Å². The zero-order valence-electron chi connectivity index (χ0n) is 14.3. The SMILES string of the molecule is CCCCn1c(C)c(C)cc(C(=O)Nc2cccc(C)c2)c1=O. The molecule has 0 aliphatic heterocycles. The monoisotopic (exact) mass is 312 g/mol. The Hall–Kier alpha value is -2.36. The van der Waals surface area contributed by atoms with Crippen LogP contribution in [0.1, 0.15) is 46.9 Å². The number of rotatable bonds is 5. The van der Waals surface area contributed by atoms with Crippen molar-refractivity contribution in [3.05, 3.63) is 63.1 Å². The second-order valence-corrected chi connectivity index (χ2v) is 5.96. The first-order chi connectivity index (χ1) is 10.9. The number of benzene rings is 1. The molecule has 0 spiro atoms. The molecule has 2 aromatic rings. The van der Waals surface area contributed by atoms with Gasteiger partial charge in [0.1, 0.15) is 5.56 Å². The summed E-state index contributed by atoms with van der Waals surface area (Å²) in [6, 6.07) is 9.23. The number of hydrogen-bond acceptors (Lipinski definition) is 2. The van der Waals surface area contributed by atoms with Crippen LogP contribution in [0.4, 0.5) is 5.69 Å². The van der Waals surface area contributed by atoms with Gasteiger partial charge in [0, 0.05) is 17.9 Å². The quantitative estimate of drug-likeness (QED) is 0.912. The highest BCUT2D eigenvalue weighted by Gasteiger charge is 2.16. The van der Waals surface area contributed by atoms with Crippen molar-refractivity contribution in [3.63, 3.8) is 0 Å². The minimum atomic E-state index is -0.353. The molecule has 0 saturated carbocycles. The van der Waals surface area contributed by atoms with Gasteiger partial charge < -0.3 is 9.88 Å². The molecule has 0 fully saturated rings. The Morgan fingerprint density at radius 1 is 1.17 bits per heavy atom. The molecule has 0 saturated heterocycles. The third kappa shape index (κ3) is 3.89. The maximum absolute atomic E-state index is 12.6. The fourth-order valence-electron chi connectivity index (χ4n) is 2.56. The fourth-order valence-corrected chi connectivity index (χ4v) is 2.56. The lowest BCUT2D eigenvalue weighted by Crippen LogP contribution is -2.31. The predicted octanol–water partition coefficient (Wildman–Crippen LogP) is 3.83. The van der Waals surface area contributed by atoms with Crippen molar-refractivity contribution in [3.8, 4) is 0 Å². The van der Waals surface area contributed by atoms with Crippen molar-refractivity contribution in [1.29, 1.82) is 0 Å². The lowest BCUT2D eigenvalue weighted by molar-refractivity contribution is 0.102. The van der Waals surface area contributed by atoms with Crippen LogP contribution in [-0.4, -0.2) is 10.5 Å². The van der Waals surface area contributed by atoms with E-state index in [1.807, 2.05) is 45.0 Å². The largest absolute Gasteiger partial charge is 0.322 e. The van der Waals surface area contributed by atoms with E-state index in [1.54, 1.807) is 10.6 Å². The highest BCUT2D eigenvalue weighted by Crippen LogP contribution is 2.13. The highest BCUT2D eigenvalue weighted by molar-refractivity contribution is 6.04. The van der Waals surface area contributed by atoms with Crippen LogP contribution in [0.3, 0.4) is 0 Å². The van der Waals surface area contributed by atoms with Crippen LogP contribution in [0.15, 0.2) is 35.1 Å². The van der Waals surface area contributed by atoms with Gasteiger partial charge in [-0.05, 0) is 56.5 Å². The highest BCUT2D eigenvalue weighted by atomic mass is 16.2. The maximum Gasteiger partial charge on any atom is 0.263 e. The molecule has 0 atom stereocenters. The second kappa shape index (κ2) is 7.27. The van der Waals surface area contributed by atoms with Crippen molar-refractivity contribution in [2.75, 3.05) is 5.32 Å². The van der Waals surface area contributed by atoms with Gasteiger partial charge in [-0.3, -0.25) is 9.59 Å². The summed E-state index contributed by atoms with van der Waals surface area (Å²) in [5.41, 5.74) is 3.62. The Kier molecular flexibility index (Phi) is 5.37. The first-order valence-corrected chi connectivity index (χ1v) is 8.03. The van der Waals surface area contributed by atoms with Gasteiger partial charge in [0.15, 0.2) is 0 Å². The molecule has 0 radical (unpaired) electrons. The first kappa shape index (κ1) is 17.0. The molecule has 1 aromatic carbocycles. The Bertz CT molecular complexity index is 775. The molecule has 0 unspecified atom stereocenters. The average Bonchev–Trinajstić information content (AvgIpc) is 2.51. The summed E-state index contributed by atoms with van der Waals surface area (Å²) in [7, 11) is 0. The van der Waals surface area contributed by atoms with E-state index in [9.17, 15) is 9.59 Å². The van der Waals surface area contributed by atoms with Crippen LogP contribution in [0.5, 0.6) is 0 Å². The number of nitrogens with zero attached hydrogens (tertiary/aromatic N) is 1. The number of carbonyl (C=O) groups excluding carboxylic acids is 1. The van der Waals surface area contributed by atoms with Gasteiger partial charge in [-0.1, -0.05) is 25.5 Å². The van der Waals surface area contributed by atoms with E-state index in [2.05, 4.69) is 12.2 Å². The van der Waals surface area contributed by atoms with Gasteiger partial charge in [-0.25, -0.2) is 0 Å². The predicted molar refractivity (Wildman–Crippen MR) is 94.2 cm³/mol. The molecule has 2 rings (SSSR count). The van der Waals surface area contributed by atoms with Gasteiger partial charge in [-0.2, -0.15) is 0 Å². The Morgan fingerprint density at radius 2 is 1.91 bits per heavy atom. The summed E-state index contributed by atoms with van der Waals surface area (Å²) in [5, 5.41) is 2.82. The molecule has 4 heteroatoms. The van der Waals surface area contributed by atoms with E-state index in [0.717, 1.165) is 29.7 Å². The number of carbonyl (C=O) groups is 1. The van der Waals surface area contributed by atoms with E-state index in [4.69, 9.17) is 0 Å². The number of pyridine rings is 1. The minimum absolute atomic E-state index is 0.200. The molecule has 1 N–H and O–H groups in total. The van der Waals surface area contributed by atoms with Crippen LogP contribution in [-0.2, 0) is 6.54 Å². The molecular formula is C19H24N2O2. The summed E-state index contributed by atoms with van der Waals surface area (Å²) in [4.78, 5) is 25.2. The smallest absolute Gasteiger partial charge is 0.263 e. The fraction of sp³-hybridized carbons (Fsp3) is 0.368. The van der Waals surface area contributed by atoms with Gasteiger partial charge in [-0.15, -0.1) is 0 Å². The summed E-state index contributed by atoms with van der Waals surface area (Å²) in [6.07, 6.45) is 1.92. The average molecular weight is 312 g/mol. The standard InChI is InChI=1S/C19H24N2O2/c1-5-6-10-21-15(4)14(3)12-17(19(21)23)18(22)20-16-9-7-8-13(2)11-16/h7-9,11-12H,5-6,10H2,1-4H3,(H,20,22). The topological polar surface area (TPSA) is 51.1 Å². The molecule has 122 valence electrons. The molecule has 0 bridgehead atoms. The van der Waals surface area contributed by atoms with Crippen LogP contribution < -0.4 is 10.9 Å². The van der Waals surface area contributed by atoms with Crippen LogP contribution in [0.2, 0.25) is 0 Å². The Labute approximate surface area is 137 Å². The minimum Gasteiger partial charge on any atom is -0.322 e. The van der Waals surface area contributed by atoms with Crippen molar-refractivity contribution >= 4 is 11.6 Å². The van der Waals surface area contributed by atoms with E-state index < -0.39 is 0 Å². The zero-order valence-corrected chi connectivity index (χ0v) is 14.3. The van der Waals surface area contributed by atoms with Crippen molar-refractivity contribution in [2.24, 2.45) is 0 Å². The Morgan fingerprint density at radius 3 is 2.57 bits per heavy atom. The maximum atomic E-state index is 12.6. The normalized spacial score (nSPS) is 10.6. The first-order valence-electron chi connectivity index (χ1n) is 8.03. The van der Waals surface area contributed by atoms with Crippen LogP contribution >= 0.6 is 0 Å². The third-order valence-corrected chi connectivity index (χ3v) is 4.07. The molecule has 1 aromatic heterocycles. The van der Waals surface area contributed by atoms with Crippen LogP contribution in [0, 0.1) is 20.8 Å². The molecule has 23 heavy (non-hydrogen) atoms. The van der Waals surface area contributed by atoms with E-state index in [-0.39, 0.29) is 17.0 Å². The summed E-state index contributed by atoms with van der Waals surface area (Å²) < 4.78 is 1.71. The lowest BCUT2D eigenvalue weighted by Gasteiger charge is -2.14. The molecule has 0 aliphatic rings. The van der Waals surface area contributed by atoms with E-state index in [1.165, 1.54) is 0 Å². The third-order valence-electron chi connectivity index (χ3n) is 4.07. The van der Waals surface area contributed by atoms with E-state index in [0.29, 0.717) is 12.2 Å². The number of unbranched alkanes of at least 4 members (excludes halogenated alkanes) is 1. The summed E-state index contributed by atoms with van der Waals surface area (Å²) >= 11 is 0. The summed E-state index contributed by atoms with van der Waals surface area (Å²) in [6.45, 7) is 8.55. The number of aromatic nitrogens is 1. The molecular weight excluding hydrogens is 288 g/mol. The number of anilines is 1. The molecule has 0 aliphatic carbocycles. The van der Waals surface area contributed by atoms with Crippen molar-refractivity contribution in [1.82, 2.24) is 4.57 Å². The van der Waals surface area contributed by atoms with Gasteiger partial charge in [0.05, 0.1) is 0 Å². The Balaban J connectivity index is 2.37. The lowest BCUT2D eigenvalue weighted by atomic mass is 10.1. The molecule has 1 heterocycles.